The molecule has 116 valence electrons. The summed E-state index contributed by atoms with van der Waals surface area (Å²) in [5.74, 6) is 0.828. The molecular weight excluding hydrogens is 288 g/mol. The average Bonchev–Trinajstić information content (AvgIpc) is 3.23. The first-order valence-corrected chi connectivity index (χ1v) is 7.92. The molecule has 4 nitrogen and oxygen atoms in total. The number of para-hydroxylation sites is 1. The number of fused-ring (bicyclic) bond motifs is 2. The van der Waals surface area contributed by atoms with Gasteiger partial charge in [0.05, 0.1) is 23.9 Å². The van der Waals surface area contributed by atoms with Gasteiger partial charge in [-0.25, -0.2) is 0 Å². The number of benzene rings is 1. The van der Waals surface area contributed by atoms with Gasteiger partial charge in [-0.05, 0) is 43.0 Å². The molecule has 0 unspecified atom stereocenters. The van der Waals surface area contributed by atoms with Crippen LogP contribution in [-0.2, 0) is 19.4 Å². The number of rotatable bonds is 3. The zero-order chi connectivity index (χ0) is 15.8. The number of carbonyl (C=O) groups excluding carboxylic acids is 1. The van der Waals surface area contributed by atoms with E-state index in [9.17, 15) is 4.79 Å². The van der Waals surface area contributed by atoms with Gasteiger partial charge in [-0.1, -0.05) is 18.2 Å². The van der Waals surface area contributed by atoms with Crippen LogP contribution >= 0.6 is 0 Å². The predicted octanol–water partition coefficient (Wildman–Crippen LogP) is 3.59. The lowest BCUT2D eigenvalue weighted by molar-refractivity contribution is 0.0776. The fraction of sp³-hybridized carbons (Fsp3) is 0.263. The first-order valence-electron chi connectivity index (χ1n) is 7.92. The molecule has 0 fully saturated rings. The molecule has 2 aromatic heterocycles. The molecule has 4 heteroatoms. The molecule has 2 heterocycles. The summed E-state index contributed by atoms with van der Waals surface area (Å²) in [6, 6.07) is 11.6. The summed E-state index contributed by atoms with van der Waals surface area (Å²) in [6.45, 7) is 0.470. The Morgan fingerprint density at radius 2 is 2.09 bits per heavy atom. The Kier molecular flexibility index (Phi) is 3.37. The van der Waals surface area contributed by atoms with Crippen molar-refractivity contribution in [1.29, 1.82) is 0 Å². The Balaban J connectivity index is 1.79. The third kappa shape index (κ3) is 2.40. The van der Waals surface area contributed by atoms with Crippen LogP contribution in [0.1, 0.15) is 33.8 Å². The second-order valence-electron chi connectivity index (χ2n) is 6.02. The summed E-state index contributed by atoms with van der Waals surface area (Å²) < 4.78 is 5.36. The van der Waals surface area contributed by atoms with Gasteiger partial charge in [0.15, 0.2) is 0 Å². The summed E-state index contributed by atoms with van der Waals surface area (Å²) in [5.41, 5.74) is 3.93. The van der Waals surface area contributed by atoms with Crippen LogP contribution in [0.15, 0.2) is 47.1 Å². The molecule has 0 bridgehead atoms. The van der Waals surface area contributed by atoms with Crippen LogP contribution in [0.4, 0.5) is 0 Å². The Hall–Kier alpha value is -2.62. The van der Waals surface area contributed by atoms with E-state index in [-0.39, 0.29) is 5.91 Å². The van der Waals surface area contributed by atoms with Gasteiger partial charge >= 0.3 is 0 Å². The average molecular weight is 306 g/mol. The van der Waals surface area contributed by atoms with E-state index < -0.39 is 0 Å². The van der Waals surface area contributed by atoms with Gasteiger partial charge in [0.25, 0.3) is 5.91 Å². The van der Waals surface area contributed by atoms with E-state index >= 15 is 0 Å². The lowest BCUT2D eigenvalue weighted by atomic mass is 10.00. The standard InChI is InChI=1S/C19H18N2O2/c1-21(12-13-6-5-11-23-13)19(22)18-14-7-2-3-9-16(14)20-17-10-4-8-15(17)18/h2-3,5-7,9,11H,4,8,10,12H2,1H3. The molecule has 0 aliphatic heterocycles. The van der Waals surface area contributed by atoms with E-state index in [4.69, 9.17) is 9.40 Å². The molecule has 0 saturated carbocycles. The van der Waals surface area contributed by atoms with Gasteiger partial charge in [0, 0.05) is 18.1 Å². The van der Waals surface area contributed by atoms with Gasteiger partial charge < -0.3 is 9.32 Å². The number of aromatic nitrogens is 1. The predicted molar refractivity (Wildman–Crippen MR) is 88.3 cm³/mol. The van der Waals surface area contributed by atoms with Crippen LogP contribution in [0, 0.1) is 0 Å². The Morgan fingerprint density at radius 1 is 1.22 bits per heavy atom. The molecule has 1 aliphatic carbocycles. The minimum atomic E-state index is 0.0400. The summed E-state index contributed by atoms with van der Waals surface area (Å²) >= 11 is 0. The second-order valence-corrected chi connectivity index (χ2v) is 6.02. The van der Waals surface area contributed by atoms with E-state index in [2.05, 4.69) is 0 Å². The van der Waals surface area contributed by atoms with E-state index in [1.54, 1.807) is 11.2 Å². The molecule has 1 amide bonds. The van der Waals surface area contributed by atoms with E-state index in [1.165, 1.54) is 0 Å². The summed E-state index contributed by atoms with van der Waals surface area (Å²) in [6.07, 6.45) is 4.60. The minimum Gasteiger partial charge on any atom is -0.467 e. The lowest BCUT2D eigenvalue weighted by Gasteiger charge is -2.19. The fourth-order valence-corrected chi connectivity index (χ4v) is 3.35. The summed E-state index contributed by atoms with van der Waals surface area (Å²) in [7, 11) is 1.82. The lowest BCUT2D eigenvalue weighted by Crippen LogP contribution is -2.27. The van der Waals surface area contributed by atoms with Crippen molar-refractivity contribution < 1.29 is 9.21 Å². The van der Waals surface area contributed by atoms with Crippen LogP contribution in [0.5, 0.6) is 0 Å². The van der Waals surface area contributed by atoms with E-state index in [0.717, 1.165) is 52.7 Å². The van der Waals surface area contributed by atoms with Gasteiger partial charge in [0.1, 0.15) is 5.76 Å². The molecule has 3 aromatic rings. The maximum atomic E-state index is 13.1. The Labute approximate surface area is 134 Å². The number of aryl methyl sites for hydroxylation is 1. The highest BCUT2D eigenvalue weighted by Crippen LogP contribution is 2.30. The first-order chi connectivity index (χ1) is 11.2. The molecule has 1 aliphatic rings. The number of pyridine rings is 1. The highest BCUT2D eigenvalue weighted by Gasteiger charge is 2.25. The number of amides is 1. The summed E-state index contributed by atoms with van der Waals surface area (Å²) in [4.78, 5) is 19.6. The molecule has 0 saturated heterocycles. The zero-order valence-electron chi connectivity index (χ0n) is 13.1. The molecule has 0 radical (unpaired) electrons. The molecule has 0 spiro atoms. The maximum absolute atomic E-state index is 13.1. The van der Waals surface area contributed by atoms with Gasteiger partial charge in [-0.15, -0.1) is 0 Å². The number of hydrogen-bond donors (Lipinski definition) is 0. The highest BCUT2D eigenvalue weighted by molar-refractivity contribution is 6.07. The van der Waals surface area contributed by atoms with Crippen molar-refractivity contribution in [3.63, 3.8) is 0 Å². The normalized spacial score (nSPS) is 13.3. The quantitative estimate of drug-likeness (QED) is 0.743. The maximum Gasteiger partial charge on any atom is 0.255 e. The van der Waals surface area contributed by atoms with Crippen molar-refractivity contribution in [3.05, 3.63) is 65.2 Å². The molecule has 4 rings (SSSR count). The number of furan rings is 1. The van der Waals surface area contributed by atoms with Crippen molar-refractivity contribution >= 4 is 16.8 Å². The van der Waals surface area contributed by atoms with Gasteiger partial charge in [0.2, 0.25) is 0 Å². The molecule has 0 N–H and O–H groups in total. The molecule has 0 atom stereocenters. The monoisotopic (exact) mass is 306 g/mol. The number of nitrogens with zero attached hydrogens (tertiary/aromatic N) is 2. The topological polar surface area (TPSA) is 46.3 Å². The SMILES string of the molecule is CN(Cc1ccco1)C(=O)c1c2c(nc3ccccc13)CCC2. The number of carbonyl (C=O) groups is 1. The Morgan fingerprint density at radius 3 is 2.91 bits per heavy atom. The largest absolute Gasteiger partial charge is 0.467 e. The third-order valence-electron chi connectivity index (χ3n) is 4.45. The van der Waals surface area contributed by atoms with Crippen molar-refractivity contribution in [3.8, 4) is 0 Å². The van der Waals surface area contributed by atoms with Crippen LogP contribution in [0.25, 0.3) is 10.9 Å². The van der Waals surface area contributed by atoms with E-state index in [0.29, 0.717) is 6.54 Å². The highest BCUT2D eigenvalue weighted by atomic mass is 16.3. The molecule has 1 aromatic carbocycles. The van der Waals surface area contributed by atoms with Gasteiger partial charge in [-0.3, -0.25) is 9.78 Å². The van der Waals surface area contributed by atoms with Crippen LogP contribution in [0.2, 0.25) is 0 Å². The molecule has 23 heavy (non-hydrogen) atoms. The van der Waals surface area contributed by atoms with Crippen LogP contribution in [0.3, 0.4) is 0 Å². The van der Waals surface area contributed by atoms with Gasteiger partial charge in [-0.2, -0.15) is 0 Å². The zero-order valence-corrected chi connectivity index (χ0v) is 13.1. The number of hydrogen-bond acceptors (Lipinski definition) is 3. The third-order valence-corrected chi connectivity index (χ3v) is 4.45. The van der Waals surface area contributed by atoms with Crippen molar-refractivity contribution in [2.75, 3.05) is 7.05 Å². The first kappa shape index (κ1) is 14.0. The minimum absolute atomic E-state index is 0.0400. The van der Waals surface area contributed by atoms with Crippen LogP contribution < -0.4 is 0 Å². The Bertz CT molecular complexity index is 868. The van der Waals surface area contributed by atoms with Crippen molar-refractivity contribution in [2.45, 2.75) is 25.8 Å². The van der Waals surface area contributed by atoms with Crippen LogP contribution in [-0.4, -0.2) is 22.8 Å². The second kappa shape index (κ2) is 5.54. The van der Waals surface area contributed by atoms with Crippen molar-refractivity contribution in [2.24, 2.45) is 0 Å². The fourth-order valence-electron chi connectivity index (χ4n) is 3.35. The molecular formula is C19H18N2O2. The van der Waals surface area contributed by atoms with Crippen molar-refractivity contribution in [1.82, 2.24) is 9.88 Å². The summed E-state index contributed by atoms with van der Waals surface area (Å²) in [5, 5.41) is 0.949. The smallest absolute Gasteiger partial charge is 0.255 e. The van der Waals surface area contributed by atoms with E-state index in [1.807, 2.05) is 43.4 Å².